The van der Waals surface area contributed by atoms with Gasteiger partial charge >= 0.3 is 0 Å². The van der Waals surface area contributed by atoms with Crippen LogP contribution in [0.4, 0.5) is 0 Å². The van der Waals surface area contributed by atoms with E-state index in [1.807, 2.05) is 30.3 Å². The van der Waals surface area contributed by atoms with Crippen molar-refractivity contribution in [1.29, 1.82) is 5.26 Å². The molecule has 0 aliphatic carbocycles. The summed E-state index contributed by atoms with van der Waals surface area (Å²) >= 11 is 0. The largest absolute Gasteiger partial charge is 0.497 e. The molecule has 0 saturated carbocycles. The first kappa shape index (κ1) is 15.6. The summed E-state index contributed by atoms with van der Waals surface area (Å²) in [7, 11) is 1.69. The van der Waals surface area contributed by atoms with E-state index in [2.05, 4.69) is 35.2 Å². The maximum atomic E-state index is 9.42. The standard InChI is InChI=1S/C20H22N2O/c1-23-20-9-5-8-17(12-20)14-22-15-19(22)11-18(13-21)10-16-6-3-2-4-7-16/h2-9,12,18-19H,10-11,14-15H2,1H3. The molecule has 1 aliphatic rings. The molecule has 0 spiro atoms. The molecule has 1 saturated heterocycles. The molecule has 23 heavy (non-hydrogen) atoms. The topological polar surface area (TPSA) is 36.0 Å². The molecule has 3 heteroatoms. The van der Waals surface area contributed by atoms with Gasteiger partial charge in [-0.1, -0.05) is 42.5 Å². The Balaban J connectivity index is 1.51. The highest BCUT2D eigenvalue weighted by Gasteiger charge is 2.35. The normalized spacial score (nSPS) is 20.5. The lowest BCUT2D eigenvalue weighted by Crippen LogP contribution is -2.09. The van der Waals surface area contributed by atoms with E-state index in [1.165, 1.54) is 11.1 Å². The van der Waals surface area contributed by atoms with Crippen LogP contribution in [-0.4, -0.2) is 24.6 Å². The average molecular weight is 306 g/mol. The lowest BCUT2D eigenvalue weighted by Gasteiger charge is -2.10. The van der Waals surface area contributed by atoms with Gasteiger partial charge in [-0.3, -0.25) is 4.90 Å². The van der Waals surface area contributed by atoms with Crippen molar-refractivity contribution in [3.8, 4) is 11.8 Å². The Kier molecular flexibility index (Phi) is 4.95. The SMILES string of the molecule is COc1cccc(CN2CC2CC(C#N)Cc2ccccc2)c1. The Morgan fingerprint density at radius 3 is 2.70 bits per heavy atom. The number of hydrogen-bond acceptors (Lipinski definition) is 3. The summed E-state index contributed by atoms with van der Waals surface area (Å²) < 4.78 is 5.27. The Labute approximate surface area is 138 Å². The molecular formula is C20H22N2O. The van der Waals surface area contributed by atoms with Crippen LogP contribution in [0.25, 0.3) is 0 Å². The minimum absolute atomic E-state index is 0.0951. The molecule has 1 heterocycles. The fourth-order valence-corrected chi connectivity index (χ4v) is 3.05. The second kappa shape index (κ2) is 7.30. The van der Waals surface area contributed by atoms with Gasteiger partial charge in [0.1, 0.15) is 5.75 Å². The summed E-state index contributed by atoms with van der Waals surface area (Å²) in [6.45, 7) is 2.02. The predicted octanol–water partition coefficient (Wildman–Crippen LogP) is 3.65. The molecule has 3 atom stereocenters. The van der Waals surface area contributed by atoms with Crippen LogP contribution in [0.1, 0.15) is 17.5 Å². The summed E-state index contributed by atoms with van der Waals surface area (Å²) in [5, 5.41) is 9.42. The first-order valence-corrected chi connectivity index (χ1v) is 8.09. The molecule has 1 fully saturated rings. The summed E-state index contributed by atoms with van der Waals surface area (Å²) in [6.07, 6.45) is 1.80. The third-order valence-corrected chi connectivity index (χ3v) is 4.41. The summed E-state index contributed by atoms with van der Waals surface area (Å²) in [4.78, 5) is 2.42. The fraction of sp³-hybridized carbons (Fsp3) is 0.350. The maximum absolute atomic E-state index is 9.42. The Hall–Kier alpha value is -2.31. The minimum Gasteiger partial charge on any atom is -0.497 e. The van der Waals surface area contributed by atoms with Crippen LogP contribution < -0.4 is 4.74 Å². The van der Waals surface area contributed by atoms with Crippen molar-refractivity contribution in [2.45, 2.75) is 25.4 Å². The van der Waals surface area contributed by atoms with E-state index in [1.54, 1.807) is 7.11 Å². The molecule has 1 aliphatic heterocycles. The Bertz CT molecular complexity index is 678. The highest BCUT2D eigenvalue weighted by molar-refractivity contribution is 5.28. The zero-order valence-corrected chi connectivity index (χ0v) is 13.5. The molecule has 0 radical (unpaired) electrons. The summed E-state index contributed by atoms with van der Waals surface area (Å²) in [5.74, 6) is 0.998. The zero-order chi connectivity index (χ0) is 16.1. The van der Waals surface area contributed by atoms with Gasteiger partial charge in [-0.15, -0.1) is 0 Å². The van der Waals surface area contributed by atoms with Gasteiger partial charge in [0.25, 0.3) is 0 Å². The smallest absolute Gasteiger partial charge is 0.119 e. The quantitative estimate of drug-likeness (QED) is 0.733. The predicted molar refractivity (Wildman–Crippen MR) is 91.1 cm³/mol. The lowest BCUT2D eigenvalue weighted by molar-refractivity contribution is 0.412. The molecular weight excluding hydrogens is 284 g/mol. The van der Waals surface area contributed by atoms with E-state index < -0.39 is 0 Å². The van der Waals surface area contributed by atoms with Gasteiger partial charge in [-0.2, -0.15) is 5.26 Å². The average Bonchev–Trinajstić information content (AvgIpc) is 3.32. The molecule has 0 N–H and O–H groups in total. The maximum Gasteiger partial charge on any atom is 0.119 e. The number of benzene rings is 2. The van der Waals surface area contributed by atoms with Crippen LogP contribution in [0.5, 0.6) is 5.75 Å². The summed E-state index contributed by atoms with van der Waals surface area (Å²) in [6, 6.07) is 21.5. The van der Waals surface area contributed by atoms with Gasteiger partial charge in [0.05, 0.1) is 19.1 Å². The molecule has 2 aromatic rings. The monoisotopic (exact) mass is 306 g/mol. The second-order valence-electron chi connectivity index (χ2n) is 6.19. The van der Waals surface area contributed by atoms with Gasteiger partial charge in [0, 0.05) is 19.1 Å². The second-order valence-corrected chi connectivity index (χ2v) is 6.19. The van der Waals surface area contributed by atoms with E-state index in [-0.39, 0.29) is 5.92 Å². The molecule has 2 aromatic carbocycles. The van der Waals surface area contributed by atoms with Gasteiger partial charge < -0.3 is 4.74 Å². The van der Waals surface area contributed by atoms with Crippen molar-refractivity contribution in [1.82, 2.24) is 4.90 Å². The molecule has 3 rings (SSSR count). The number of nitriles is 1. The molecule has 0 bridgehead atoms. The third kappa shape index (κ3) is 4.34. The third-order valence-electron chi connectivity index (χ3n) is 4.41. The summed E-state index contributed by atoms with van der Waals surface area (Å²) in [5.41, 5.74) is 2.52. The van der Waals surface area contributed by atoms with E-state index in [4.69, 9.17) is 4.74 Å². The minimum atomic E-state index is 0.0951. The number of hydrogen-bond donors (Lipinski definition) is 0. The van der Waals surface area contributed by atoms with Crippen LogP contribution >= 0.6 is 0 Å². The van der Waals surface area contributed by atoms with Gasteiger partial charge in [-0.05, 0) is 36.1 Å². The van der Waals surface area contributed by atoms with Crippen LogP contribution in [0, 0.1) is 17.2 Å². The number of ether oxygens (including phenoxy) is 1. The number of rotatable bonds is 7. The first-order valence-electron chi connectivity index (χ1n) is 8.09. The van der Waals surface area contributed by atoms with E-state index in [9.17, 15) is 5.26 Å². The van der Waals surface area contributed by atoms with E-state index >= 15 is 0 Å². The van der Waals surface area contributed by atoms with Crippen molar-refractivity contribution in [3.05, 3.63) is 65.7 Å². The molecule has 118 valence electrons. The van der Waals surface area contributed by atoms with Crippen LogP contribution in [0.2, 0.25) is 0 Å². The van der Waals surface area contributed by atoms with Crippen molar-refractivity contribution in [3.63, 3.8) is 0 Å². The van der Waals surface area contributed by atoms with Gasteiger partial charge in [0.2, 0.25) is 0 Å². The molecule has 0 aromatic heterocycles. The Morgan fingerprint density at radius 1 is 1.17 bits per heavy atom. The molecule has 3 nitrogen and oxygen atoms in total. The van der Waals surface area contributed by atoms with Crippen molar-refractivity contribution in [2.24, 2.45) is 5.92 Å². The highest BCUT2D eigenvalue weighted by atomic mass is 16.5. The molecule has 3 unspecified atom stereocenters. The van der Waals surface area contributed by atoms with Crippen molar-refractivity contribution in [2.75, 3.05) is 13.7 Å². The van der Waals surface area contributed by atoms with Crippen LogP contribution in [0.15, 0.2) is 54.6 Å². The Morgan fingerprint density at radius 2 is 1.96 bits per heavy atom. The van der Waals surface area contributed by atoms with Gasteiger partial charge in [0.15, 0.2) is 0 Å². The van der Waals surface area contributed by atoms with Crippen molar-refractivity contribution >= 4 is 0 Å². The van der Waals surface area contributed by atoms with Crippen molar-refractivity contribution < 1.29 is 4.74 Å². The van der Waals surface area contributed by atoms with Gasteiger partial charge in [-0.25, -0.2) is 0 Å². The lowest BCUT2D eigenvalue weighted by atomic mass is 9.96. The zero-order valence-electron chi connectivity index (χ0n) is 13.5. The highest BCUT2D eigenvalue weighted by Crippen LogP contribution is 2.29. The molecule has 0 amide bonds. The van der Waals surface area contributed by atoms with E-state index in [0.717, 1.165) is 31.7 Å². The first-order chi connectivity index (χ1) is 11.3. The fourth-order valence-electron chi connectivity index (χ4n) is 3.05. The number of nitrogens with zero attached hydrogens (tertiary/aromatic N) is 2. The van der Waals surface area contributed by atoms with Crippen LogP contribution in [0.3, 0.4) is 0 Å². The van der Waals surface area contributed by atoms with E-state index in [0.29, 0.717) is 6.04 Å². The number of methoxy groups -OCH3 is 1. The van der Waals surface area contributed by atoms with Crippen LogP contribution in [-0.2, 0) is 13.0 Å².